The molecule has 0 saturated carbocycles. The van der Waals surface area contributed by atoms with Crippen LogP contribution < -0.4 is 5.63 Å². The van der Waals surface area contributed by atoms with Gasteiger partial charge in [0.05, 0.1) is 0 Å². The highest BCUT2D eigenvalue weighted by molar-refractivity contribution is 5.94. The van der Waals surface area contributed by atoms with Gasteiger partial charge in [-0.25, -0.2) is 14.3 Å². The summed E-state index contributed by atoms with van der Waals surface area (Å²) in [5, 5.41) is 8.93. The molecule has 0 unspecified atom stereocenters. The Morgan fingerprint density at radius 3 is 2.62 bits per heavy atom. The van der Waals surface area contributed by atoms with E-state index in [2.05, 4.69) is 4.98 Å². The number of hydrogen-bond acceptors (Lipinski definition) is 4. The summed E-state index contributed by atoms with van der Waals surface area (Å²) in [6.07, 6.45) is 3.02. The molecule has 82 valence electrons. The van der Waals surface area contributed by atoms with Crippen molar-refractivity contribution >= 4 is 5.97 Å². The van der Waals surface area contributed by atoms with Crippen LogP contribution in [-0.4, -0.2) is 20.8 Å². The molecule has 0 aromatic carbocycles. The quantitative estimate of drug-likeness (QED) is 0.806. The van der Waals surface area contributed by atoms with E-state index in [-0.39, 0.29) is 11.3 Å². The second-order valence-corrected chi connectivity index (χ2v) is 3.14. The molecule has 0 amide bonds. The summed E-state index contributed by atoms with van der Waals surface area (Å²) < 4.78 is 5.86. The second kappa shape index (κ2) is 3.65. The largest absolute Gasteiger partial charge is 0.477 e. The van der Waals surface area contributed by atoms with Gasteiger partial charge in [-0.15, -0.1) is 0 Å². The monoisotopic (exact) mass is 220 g/mol. The van der Waals surface area contributed by atoms with E-state index in [1.165, 1.54) is 19.4 Å². The first-order chi connectivity index (χ1) is 7.61. The highest BCUT2D eigenvalue weighted by Gasteiger charge is 2.22. The first-order valence-electron chi connectivity index (χ1n) is 4.45. The lowest BCUT2D eigenvalue weighted by Crippen LogP contribution is -2.09. The molecule has 2 heterocycles. The minimum Gasteiger partial charge on any atom is -0.477 e. The zero-order chi connectivity index (χ0) is 11.7. The summed E-state index contributed by atoms with van der Waals surface area (Å²) in [7, 11) is 1.48. The molecule has 2 rings (SSSR count). The van der Waals surface area contributed by atoms with Gasteiger partial charge in [0, 0.05) is 25.0 Å². The number of aromatic carboxylic acids is 1. The Morgan fingerprint density at radius 1 is 1.44 bits per heavy atom. The van der Waals surface area contributed by atoms with Crippen LogP contribution in [0.4, 0.5) is 0 Å². The van der Waals surface area contributed by atoms with Crippen molar-refractivity contribution in [3.63, 3.8) is 0 Å². The van der Waals surface area contributed by atoms with Crippen LogP contribution in [0.3, 0.4) is 0 Å². The molecule has 0 radical (unpaired) electrons. The smallest absolute Gasteiger partial charge is 0.372 e. The third kappa shape index (κ3) is 1.50. The van der Waals surface area contributed by atoms with Crippen LogP contribution in [0.15, 0.2) is 33.8 Å². The highest BCUT2D eigenvalue weighted by Crippen LogP contribution is 2.20. The maximum atomic E-state index is 11.3. The third-order valence-corrected chi connectivity index (χ3v) is 2.14. The van der Waals surface area contributed by atoms with E-state index in [0.717, 1.165) is 4.74 Å². The Morgan fingerprint density at radius 2 is 2.06 bits per heavy atom. The summed E-state index contributed by atoms with van der Waals surface area (Å²) in [5.41, 5.74) is -0.420. The highest BCUT2D eigenvalue weighted by atomic mass is 16.5. The molecule has 1 N–H and O–H groups in total. The van der Waals surface area contributed by atoms with Gasteiger partial charge in [-0.3, -0.25) is 4.98 Å². The van der Waals surface area contributed by atoms with E-state index in [1.807, 2.05) is 0 Å². The number of carbonyl (C=O) groups is 1. The molecule has 0 aliphatic heterocycles. The van der Waals surface area contributed by atoms with Crippen LogP contribution in [0.5, 0.6) is 0 Å². The molecule has 0 fully saturated rings. The topological polar surface area (TPSA) is 85.3 Å². The van der Waals surface area contributed by atoms with Crippen LogP contribution in [0.25, 0.3) is 11.3 Å². The second-order valence-electron chi connectivity index (χ2n) is 3.14. The van der Waals surface area contributed by atoms with Crippen molar-refractivity contribution in [3.05, 3.63) is 40.5 Å². The standard InChI is InChI=1S/C10H8N2O4/c1-12-8(6-2-4-11-5-3-6)7(9(13)14)10(15)16-12/h2-5H,1H3,(H,13,14). The van der Waals surface area contributed by atoms with Gasteiger partial charge in [-0.05, 0) is 12.1 Å². The predicted octanol–water partition coefficient (Wildman–Crippen LogP) is 0.739. The minimum atomic E-state index is -1.30. The minimum absolute atomic E-state index is 0.236. The number of aryl methyl sites for hydroxylation is 1. The molecule has 0 aliphatic carbocycles. The van der Waals surface area contributed by atoms with Gasteiger partial charge in [0.1, 0.15) is 5.69 Å². The molecular weight excluding hydrogens is 212 g/mol. The molecule has 2 aromatic heterocycles. The van der Waals surface area contributed by atoms with Gasteiger partial charge in [-0.2, -0.15) is 0 Å². The number of pyridine rings is 1. The Balaban J connectivity index is 2.75. The molecule has 16 heavy (non-hydrogen) atoms. The fourth-order valence-electron chi connectivity index (χ4n) is 1.49. The van der Waals surface area contributed by atoms with Gasteiger partial charge >= 0.3 is 11.6 Å². The Labute approximate surface area is 89.7 Å². The van der Waals surface area contributed by atoms with Crippen LogP contribution in [-0.2, 0) is 7.05 Å². The zero-order valence-corrected chi connectivity index (χ0v) is 8.38. The summed E-state index contributed by atoms with van der Waals surface area (Å²) in [4.78, 5) is 26.0. The van der Waals surface area contributed by atoms with Crippen LogP contribution in [0, 0.1) is 0 Å². The van der Waals surface area contributed by atoms with Crippen molar-refractivity contribution < 1.29 is 14.4 Å². The fraction of sp³-hybridized carbons (Fsp3) is 0.100. The van der Waals surface area contributed by atoms with Crippen molar-refractivity contribution in [1.29, 1.82) is 0 Å². The Bertz CT molecular complexity index is 583. The van der Waals surface area contributed by atoms with Gasteiger partial charge in [0.15, 0.2) is 5.56 Å². The van der Waals surface area contributed by atoms with E-state index >= 15 is 0 Å². The SMILES string of the molecule is Cn1oc(=O)c(C(=O)O)c1-c1ccncc1. The van der Waals surface area contributed by atoms with Crippen molar-refractivity contribution in [2.45, 2.75) is 0 Å². The van der Waals surface area contributed by atoms with Crippen LogP contribution in [0.1, 0.15) is 10.4 Å². The van der Waals surface area contributed by atoms with Crippen LogP contribution in [0.2, 0.25) is 0 Å². The maximum absolute atomic E-state index is 11.3. The average Bonchev–Trinajstić information content (AvgIpc) is 2.55. The van der Waals surface area contributed by atoms with Crippen molar-refractivity contribution in [1.82, 2.24) is 9.72 Å². The maximum Gasteiger partial charge on any atom is 0.372 e. The normalized spacial score (nSPS) is 10.3. The lowest BCUT2D eigenvalue weighted by atomic mass is 10.1. The number of nitrogens with zero attached hydrogens (tertiary/aromatic N) is 2. The molecule has 0 atom stereocenters. The van der Waals surface area contributed by atoms with E-state index in [9.17, 15) is 9.59 Å². The molecule has 0 bridgehead atoms. The number of carboxylic acids is 1. The van der Waals surface area contributed by atoms with Gasteiger partial charge in [-0.1, -0.05) is 0 Å². The Kier molecular flexibility index (Phi) is 2.32. The van der Waals surface area contributed by atoms with Crippen molar-refractivity contribution in [2.24, 2.45) is 7.05 Å². The predicted molar refractivity (Wildman–Crippen MR) is 54.1 cm³/mol. The lowest BCUT2D eigenvalue weighted by molar-refractivity contribution is 0.0695. The third-order valence-electron chi connectivity index (χ3n) is 2.14. The molecule has 6 heteroatoms. The summed E-state index contributed by atoms with van der Waals surface area (Å²) in [6, 6.07) is 3.22. The number of aromatic nitrogens is 2. The first kappa shape index (κ1) is 10.2. The molecule has 0 aliphatic rings. The molecule has 6 nitrogen and oxygen atoms in total. The molecule has 0 spiro atoms. The van der Waals surface area contributed by atoms with E-state index in [4.69, 9.17) is 9.63 Å². The zero-order valence-electron chi connectivity index (χ0n) is 8.38. The van der Waals surface area contributed by atoms with E-state index < -0.39 is 11.6 Å². The Hall–Kier alpha value is -2.37. The van der Waals surface area contributed by atoms with Gasteiger partial charge in [0.25, 0.3) is 0 Å². The number of hydrogen-bond donors (Lipinski definition) is 1. The van der Waals surface area contributed by atoms with Crippen molar-refractivity contribution in [2.75, 3.05) is 0 Å². The van der Waals surface area contributed by atoms with E-state index in [0.29, 0.717) is 5.56 Å². The number of rotatable bonds is 2. The van der Waals surface area contributed by atoms with Gasteiger partial charge < -0.3 is 9.63 Å². The van der Waals surface area contributed by atoms with Gasteiger partial charge in [0.2, 0.25) is 0 Å². The summed E-state index contributed by atoms with van der Waals surface area (Å²) in [5.74, 6) is -1.30. The lowest BCUT2D eigenvalue weighted by Gasteiger charge is -2.00. The molecule has 0 saturated heterocycles. The first-order valence-corrected chi connectivity index (χ1v) is 4.45. The summed E-state index contributed by atoms with van der Waals surface area (Å²) in [6.45, 7) is 0. The summed E-state index contributed by atoms with van der Waals surface area (Å²) >= 11 is 0. The number of carboxylic acid groups (broad SMARTS) is 1. The van der Waals surface area contributed by atoms with Crippen molar-refractivity contribution in [3.8, 4) is 11.3 Å². The fourth-order valence-corrected chi connectivity index (χ4v) is 1.49. The molecular formula is C10H8N2O4. The molecule has 2 aromatic rings. The van der Waals surface area contributed by atoms with Crippen LogP contribution >= 0.6 is 0 Å². The van der Waals surface area contributed by atoms with E-state index in [1.54, 1.807) is 12.1 Å². The average molecular weight is 220 g/mol.